The van der Waals surface area contributed by atoms with Crippen LogP contribution in [0.15, 0.2) is 0 Å². The average Bonchev–Trinajstić information content (AvgIpc) is 2.10. The highest BCUT2D eigenvalue weighted by atomic mass is 16.5. The lowest BCUT2D eigenvalue weighted by Crippen LogP contribution is -2.43. The largest absolute Gasteiger partial charge is 0.382 e. The number of hydrogen-bond acceptors (Lipinski definition) is 3. The minimum absolute atomic E-state index is 0.0510. The molecule has 72 valence electrons. The fraction of sp³-hybridized carbons (Fsp3) is 1.00. The van der Waals surface area contributed by atoms with E-state index in [0.29, 0.717) is 12.6 Å². The van der Waals surface area contributed by atoms with Crippen molar-refractivity contribution in [2.75, 3.05) is 20.8 Å². The van der Waals surface area contributed by atoms with Crippen molar-refractivity contribution in [2.24, 2.45) is 5.73 Å². The van der Waals surface area contributed by atoms with Crippen LogP contribution in [0.3, 0.4) is 0 Å². The average molecular weight is 173 g/mol. The molecule has 0 spiro atoms. The molecule has 0 aliphatic heterocycles. The van der Waals surface area contributed by atoms with Gasteiger partial charge >= 0.3 is 0 Å². The van der Waals surface area contributed by atoms with Crippen molar-refractivity contribution in [3.05, 3.63) is 0 Å². The third-order valence-electron chi connectivity index (χ3n) is 2.78. The Morgan fingerprint density at radius 2 is 1.92 bits per heavy atom. The highest BCUT2D eigenvalue weighted by Gasteiger charge is 2.34. The van der Waals surface area contributed by atoms with Gasteiger partial charge in [-0.2, -0.15) is 0 Å². The molecule has 0 heterocycles. The van der Waals surface area contributed by atoms with Crippen LogP contribution in [0.25, 0.3) is 0 Å². The van der Waals surface area contributed by atoms with Crippen molar-refractivity contribution in [1.29, 1.82) is 0 Å². The first-order chi connectivity index (χ1) is 5.72. The van der Waals surface area contributed by atoms with Crippen molar-refractivity contribution < 1.29 is 9.47 Å². The SMILES string of the molecule is COCC1(OC)CCC(N)CC1. The van der Waals surface area contributed by atoms with Gasteiger partial charge in [0.15, 0.2) is 0 Å². The zero-order valence-corrected chi connectivity index (χ0v) is 8.01. The molecule has 0 aromatic heterocycles. The number of ether oxygens (including phenoxy) is 2. The molecule has 1 aliphatic rings. The first-order valence-electron chi connectivity index (χ1n) is 4.52. The Morgan fingerprint density at radius 3 is 2.33 bits per heavy atom. The summed E-state index contributed by atoms with van der Waals surface area (Å²) in [5, 5.41) is 0. The maximum absolute atomic E-state index is 5.81. The summed E-state index contributed by atoms with van der Waals surface area (Å²) in [6, 6.07) is 0.366. The Balaban J connectivity index is 2.45. The zero-order valence-electron chi connectivity index (χ0n) is 8.01. The Morgan fingerprint density at radius 1 is 1.33 bits per heavy atom. The second-order valence-corrected chi connectivity index (χ2v) is 3.66. The van der Waals surface area contributed by atoms with Crippen molar-refractivity contribution in [3.63, 3.8) is 0 Å². The molecular formula is C9H19NO2. The third kappa shape index (κ3) is 2.19. The first-order valence-corrected chi connectivity index (χ1v) is 4.52. The summed E-state index contributed by atoms with van der Waals surface area (Å²) in [5.74, 6) is 0. The maximum atomic E-state index is 5.81. The van der Waals surface area contributed by atoms with Gasteiger partial charge in [-0.25, -0.2) is 0 Å². The molecule has 0 radical (unpaired) electrons. The van der Waals surface area contributed by atoms with Gasteiger partial charge in [0, 0.05) is 20.3 Å². The summed E-state index contributed by atoms with van der Waals surface area (Å²) in [7, 11) is 3.48. The summed E-state index contributed by atoms with van der Waals surface area (Å²) >= 11 is 0. The van der Waals surface area contributed by atoms with Crippen LogP contribution in [0.4, 0.5) is 0 Å². The van der Waals surface area contributed by atoms with Crippen molar-refractivity contribution in [3.8, 4) is 0 Å². The summed E-state index contributed by atoms with van der Waals surface area (Å²) in [6.07, 6.45) is 4.16. The summed E-state index contributed by atoms with van der Waals surface area (Å²) in [5.41, 5.74) is 5.76. The Labute approximate surface area is 74.2 Å². The highest BCUT2D eigenvalue weighted by molar-refractivity contribution is 4.88. The van der Waals surface area contributed by atoms with Gasteiger partial charge < -0.3 is 15.2 Å². The van der Waals surface area contributed by atoms with Crippen LogP contribution >= 0.6 is 0 Å². The van der Waals surface area contributed by atoms with Gasteiger partial charge in [0.25, 0.3) is 0 Å². The van der Waals surface area contributed by atoms with E-state index in [1.807, 2.05) is 0 Å². The van der Waals surface area contributed by atoms with Gasteiger partial charge in [-0.1, -0.05) is 0 Å². The summed E-state index contributed by atoms with van der Waals surface area (Å²) in [4.78, 5) is 0. The Bertz CT molecular complexity index is 130. The molecule has 0 amide bonds. The van der Waals surface area contributed by atoms with Gasteiger partial charge in [0.05, 0.1) is 12.2 Å². The standard InChI is InChI=1S/C9H19NO2/c1-11-7-9(12-2)5-3-8(10)4-6-9/h8H,3-7,10H2,1-2H3. The van der Waals surface area contributed by atoms with Gasteiger partial charge in [-0.15, -0.1) is 0 Å². The number of methoxy groups -OCH3 is 2. The van der Waals surface area contributed by atoms with Crippen LogP contribution in [0.2, 0.25) is 0 Å². The van der Waals surface area contributed by atoms with E-state index in [1.54, 1.807) is 14.2 Å². The molecule has 1 aliphatic carbocycles. The third-order valence-corrected chi connectivity index (χ3v) is 2.78. The van der Waals surface area contributed by atoms with E-state index >= 15 is 0 Å². The van der Waals surface area contributed by atoms with E-state index in [1.165, 1.54) is 0 Å². The molecule has 0 aromatic carbocycles. The second-order valence-electron chi connectivity index (χ2n) is 3.66. The molecular weight excluding hydrogens is 154 g/mol. The van der Waals surface area contributed by atoms with Gasteiger partial charge in [-0.3, -0.25) is 0 Å². The summed E-state index contributed by atoms with van der Waals surface area (Å²) < 4.78 is 10.6. The molecule has 2 N–H and O–H groups in total. The lowest BCUT2D eigenvalue weighted by molar-refractivity contribution is -0.0880. The van der Waals surface area contributed by atoms with Crippen LogP contribution in [0.1, 0.15) is 25.7 Å². The number of rotatable bonds is 3. The second kappa shape index (κ2) is 4.21. The fourth-order valence-corrected chi connectivity index (χ4v) is 1.84. The van der Waals surface area contributed by atoms with E-state index < -0.39 is 0 Å². The molecule has 1 rings (SSSR count). The molecule has 0 unspecified atom stereocenters. The topological polar surface area (TPSA) is 44.5 Å². The first kappa shape index (κ1) is 9.96. The van der Waals surface area contributed by atoms with E-state index in [9.17, 15) is 0 Å². The lowest BCUT2D eigenvalue weighted by atomic mass is 9.83. The molecule has 0 saturated heterocycles. The van der Waals surface area contributed by atoms with E-state index in [-0.39, 0.29) is 5.60 Å². The smallest absolute Gasteiger partial charge is 0.0912 e. The predicted octanol–water partition coefficient (Wildman–Crippen LogP) is 0.919. The Hall–Kier alpha value is -0.120. The van der Waals surface area contributed by atoms with Crippen LogP contribution in [0.5, 0.6) is 0 Å². The van der Waals surface area contributed by atoms with Crippen molar-refractivity contribution in [2.45, 2.75) is 37.3 Å². The van der Waals surface area contributed by atoms with Crippen molar-refractivity contribution >= 4 is 0 Å². The van der Waals surface area contributed by atoms with Gasteiger partial charge in [0.2, 0.25) is 0 Å². The van der Waals surface area contributed by atoms with Crippen LogP contribution in [-0.2, 0) is 9.47 Å². The minimum Gasteiger partial charge on any atom is -0.382 e. The highest BCUT2D eigenvalue weighted by Crippen LogP contribution is 2.30. The van der Waals surface area contributed by atoms with Crippen molar-refractivity contribution in [1.82, 2.24) is 0 Å². The molecule has 12 heavy (non-hydrogen) atoms. The minimum atomic E-state index is -0.0510. The van der Waals surface area contributed by atoms with Gasteiger partial charge in [0.1, 0.15) is 0 Å². The normalized spacial score (nSPS) is 36.8. The molecule has 3 heteroatoms. The maximum Gasteiger partial charge on any atom is 0.0912 e. The number of hydrogen-bond donors (Lipinski definition) is 1. The molecule has 0 aromatic rings. The molecule has 1 fully saturated rings. The van der Waals surface area contributed by atoms with E-state index in [2.05, 4.69) is 0 Å². The Kier molecular flexibility index (Phi) is 3.50. The molecule has 0 bridgehead atoms. The fourth-order valence-electron chi connectivity index (χ4n) is 1.84. The number of nitrogens with two attached hydrogens (primary N) is 1. The predicted molar refractivity (Wildman–Crippen MR) is 48.1 cm³/mol. The van der Waals surface area contributed by atoms with Gasteiger partial charge in [-0.05, 0) is 25.7 Å². The van der Waals surface area contributed by atoms with Crippen LogP contribution < -0.4 is 5.73 Å². The monoisotopic (exact) mass is 173 g/mol. The van der Waals surface area contributed by atoms with Crippen LogP contribution in [-0.4, -0.2) is 32.5 Å². The van der Waals surface area contributed by atoms with Crippen LogP contribution in [0, 0.1) is 0 Å². The summed E-state index contributed by atoms with van der Waals surface area (Å²) in [6.45, 7) is 0.691. The lowest BCUT2D eigenvalue weighted by Gasteiger charge is -2.37. The van der Waals surface area contributed by atoms with E-state index in [0.717, 1.165) is 25.7 Å². The zero-order chi connectivity index (χ0) is 9.03. The molecule has 1 saturated carbocycles. The molecule has 0 atom stereocenters. The molecule has 3 nitrogen and oxygen atoms in total. The quantitative estimate of drug-likeness (QED) is 0.690. The van der Waals surface area contributed by atoms with E-state index in [4.69, 9.17) is 15.2 Å².